The number of aromatic nitrogens is 2. The van der Waals surface area contributed by atoms with Crippen LogP contribution in [-0.4, -0.2) is 65.2 Å². The second-order valence-corrected chi connectivity index (χ2v) is 7.43. The Labute approximate surface area is 158 Å². The summed E-state index contributed by atoms with van der Waals surface area (Å²) in [6, 6.07) is 7.53. The molecule has 2 aromatic rings. The maximum absolute atomic E-state index is 13.0. The number of nitrogens with zero attached hydrogens (tertiary/aromatic N) is 4. The third-order valence-corrected chi connectivity index (χ3v) is 5.75. The number of carbonyl (C=O) groups is 2. The Morgan fingerprint density at radius 1 is 1.22 bits per heavy atom. The van der Waals surface area contributed by atoms with Crippen LogP contribution in [0.1, 0.15) is 29.6 Å². The molecule has 7 nitrogen and oxygen atoms in total. The van der Waals surface area contributed by atoms with Gasteiger partial charge in [-0.3, -0.25) is 9.59 Å². The van der Waals surface area contributed by atoms with Crippen molar-refractivity contribution in [2.75, 3.05) is 33.8 Å². The molecule has 0 saturated carbocycles. The summed E-state index contributed by atoms with van der Waals surface area (Å²) in [5, 5.41) is 4.33. The summed E-state index contributed by atoms with van der Waals surface area (Å²) in [5.74, 6) is 0.790. The van der Waals surface area contributed by atoms with Crippen molar-refractivity contribution in [1.82, 2.24) is 19.6 Å². The fraction of sp³-hybridized carbons (Fsp3) is 0.450. The second-order valence-electron chi connectivity index (χ2n) is 7.43. The van der Waals surface area contributed by atoms with E-state index in [4.69, 9.17) is 4.74 Å². The van der Waals surface area contributed by atoms with Crippen LogP contribution < -0.4 is 4.74 Å². The fourth-order valence-corrected chi connectivity index (χ4v) is 4.26. The minimum absolute atomic E-state index is 0.0750. The van der Waals surface area contributed by atoms with Crippen molar-refractivity contribution < 1.29 is 14.3 Å². The van der Waals surface area contributed by atoms with E-state index in [2.05, 4.69) is 5.10 Å². The number of methoxy groups -OCH3 is 1. The number of ether oxygens (including phenoxy) is 1. The molecule has 2 aliphatic heterocycles. The zero-order chi connectivity index (χ0) is 19.0. The third-order valence-electron chi connectivity index (χ3n) is 5.75. The summed E-state index contributed by atoms with van der Waals surface area (Å²) >= 11 is 0. The van der Waals surface area contributed by atoms with Gasteiger partial charge in [0, 0.05) is 32.9 Å². The highest BCUT2D eigenvalue weighted by Crippen LogP contribution is 2.40. The Morgan fingerprint density at radius 2 is 2.04 bits per heavy atom. The molecule has 0 radical (unpaired) electrons. The van der Waals surface area contributed by atoms with Crippen LogP contribution >= 0.6 is 0 Å². The Morgan fingerprint density at radius 3 is 2.85 bits per heavy atom. The van der Waals surface area contributed by atoms with Crippen LogP contribution in [0.2, 0.25) is 0 Å². The molecule has 1 atom stereocenters. The van der Waals surface area contributed by atoms with E-state index in [1.165, 1.54) is 0 Å². The van der Waals surface area contributed by atoms with Gasteiger partial charge in [0.15, 0.2) is 0 Å². The lowest BCUT2D eigenvalue weighted by Crippen LogP contribution is -2.48. The lowest BCUT2D eigenvalue weighted by Gasteiger charge is -2.37. The van der Waals surface area contributed by atoms with Gasteiger partial charge in [-0.05, 0) is 31.4 Å². The minimum atomic E-state index is -0.401. The van der Waals surface area contributed by atoms with E-state index in [9.17, 15) is 9.59 Å². The summed E-state index contributed by atoms with van der Waals surface area (Å²) < 4.78 is 7.02. The van der Waals surface area contributed by atoms with Crippen LogP contribution in [0.4, 0.5) is 0 Å². The van der Waals surface area contributed by atoms with Gasteiger partial charge in [0.1, 0.15) is 11.4 Å². The summed E-state index contributed by atoms with van der Waals surface area (Å²) in [6.07, 6.45) is 5.90. The van der Waals surface area contributed by atoms with Crippen LogP contribution in [0.3, 0.4) is 0 Å². The molecule has 4 rings (SSSR count). The second kappa shape index (κ2) is 6.72. The van der Waals surface area contributed by atoms with E-state index in [1.807, 2.05) is 31.3 Å². The van der Waals surface area contributed by atoms with E-state index < -0.39 is 5.41 Å². The van der Waals surface area contributed by atoms with Crippen LogP contribution in [0.25, 0.3) is 5.69 Å². The van der Waals surface area contributed by atoms with E-state index in [0.717, 1.165) is 31.5 Å². The highest BCUT2D eigenvalue weighted by atomic mass is 16.5. The first kappa shape index (κ1) is 17.6. The minimum Gasteiger partial charge on any atom is -0.494 e. The van der Waals surface area contributed by atoms with Crippen LogP contribution in [0.15, 0.2) is 36.7 Å². The average molecular weight is 368 g/mol. The zero-order valence-electron chi connectivity index (χ0n) is 15.7. The largest absolute Gasteiger partial charge is 0.494 e. The predicted molar refractivity (Wildman–Crippen MR) is 99.9 cm³/mol. The van der Waals surface area contributed by atoms with Gasteiger partial charge in [-0.15, -0.1) is 0 Å². The van der Waals surface area contributed by atoms with Crippen molar-refractivity contribution in [3.8, 4) is 11.4 Å². The van der Waals surface area contributed by atoms with Crippen molar-refractivity contribution in [3.05, 3.63) is 42.2 Å². The SMILES string of the molecule is COc1ccccc1-n1cc(C(=O)N2CC[C@@]3(CCCN(C)C3=O)C2)cn1. The quantitative estimate of drug-likeness (QED) is 0.831. The predicted octanol–water partition coefficient (Wildman–Crippen LogP) is 1.97. The topological polar surface area (TPSA) is 67.7 Å². The first-order valence-corrected chi connectivity index (χ1v) is 9.27. The molecule has 2 saturated heterocycles. The zero-order valence-corrected chi connectivity index (χ0v) is 15.7. The molecule has 1 aromatic heterocycles. The van der Waals surface area contributed by atoms with E-state index >= 15 is 0 Å². The van der Waals surface area contributed by atoms with Gasteiger partial charge in [-0.1, -0.05) is 12.1 Å². The van der Waals surface area contributed by atoms with Gasteiger partial charge >= 0.3 is 0 Å². The van der Waals surface area contributed by atoms with Gasteiger partial charge in [0.25, 0.3) is 5.91 Å². The molecule has 0 unspecified atom stereocenters. The number of piperidine rings is 1. The maximum Gasteiger partial charge on any atom is 0.257 e. The Bertz CT molecular complexity index is 878. The Hall–Kier alpha value is -2.83. The molecule has 142 valence electrons. The molecule has 27 heavy (non-hydrogen) atoms. The van der Waals surface area contributed by atoms with Crippen molar-refractivity contribution in [2.45, 2.75) is 19.3 Å². The molecule has 7 heteroatoms. The van der Waals surface area contributed by atoms with Crippen molar-refractivity contribution >= 4 is 11.8 Å². The molecular weight excluding hydrogens is 344 g/mol. The standard InChI is InChI=1S/C20H24N4O3/c1-22-10-5-8-20(19(22)26)9-11-23(14-20)18(25)15-12-21-24(13-15)16-6-3-4-7-17(16)27-2/h3-4,6-7,12-13H,5,8-11,14H2,1-2H3/t20-/m0/s1. The van der Waals surface area contributed by atoms with Crippen LogP contribution in [0, 0.1) is 5.41 Å². The molecule has 0 bridgehead atoms. The first-order valence-electron chi connectivity index (χ1n) is 9.27. The number of rotatable bonds is 3. The number of benzene rings is 1. The van der Waals surface area contributed by atoms with Gasteiger partial charge < -0.3 is 14.5 Å². The molecule has 1 spiro atoms. The highest BCUT2D eigenvalue weighted by Gasteiger charge is 2.48. The smallest absolute Gasteiger partial charge is 0.257 e. The number of carbonyl (C=O) groups excluding carboxylic acids is 2. The van der Waals surface area contributed by atoms with Crippen molar-refractivity contribution in [2.24, 2.45) is 5.41 Å². The van der Waals surface area contributed by atoms with Gasteiger partial charge in [0.05, 0.1) is 24.3 Å². The van der Waals surface area contributed by atoms with E-state index in [0.29, 0.717) is 24.4 Å². The lowest BCUT2D eigenvalue weighted by molar-refractivity contribution is -0.143. The Kier molecular flexibility index (Phi) is 4.37. The number of hydrogen-bond acceptors (Lipinski definition) is 4. The summed E-state index contributed by atoms with van der Waals surface area (Å²) in [4.78, 5) is 29.2. The van der Waals surface area contributed by atoms with E-state index in [1.54, 1.807) is 34.0 Å². The summed E-state index contributed by atoms with van der Waals surface area (Å²) in [6.45, 7) is 1.91. The Balaban J connectivity index is 1.53. The molecule has 2 aliphatic rings. The van der Waals surface area contributed by atoms with Crippen LogP contribution in [-0.2, 0) is 4.79 Å². The van der Waals surface area contributed by atoms with Gasteiger partial charge in [0.2, 0.25) is 5.91 Å². The monoisotopic (exact) mass is 368 g/mol. The number of likely N-dealkylation sites (tertiary alicyclic amines) is 2. The average Bonchev–Trinajstić information content (AvgIpc) is 3.34. The van der Waals surface area contributed by atoms with Crippen molar-refractivity contribution in [1.29, 1.82) is 0 Å². The molecule has 2 amide bonds. The molecular formula is C20H24N4O3. The molecule has 0 N–H and O–H groups in total. The number of para-hydroxylation sites is 2. The number of hydrogen-bond donors (Lipinski definition) is 0. The molecule has 2 fully saturated rings. The van der Waals surface area contributed by atoms with Gasteiger partial charge in [-0.25, -0.2) is 4.68 Å². The number of amides is 2. The molecule has 1 aromatic carbocycles. The fourth-order valence-electron chi connectivity index (χ4n) is 4.26. The van der Waals surface area contributed by atoms with Crippen LogP contribution in [0.5, 0.6) is 5.75 Å². The first-order chi connectivity index (χ1) is 13.0. The van der Waals surface area contributed by atoms with Gasteiger partial charge in [-0.2, -0.15) is 5.10 Å². The van der Waals surface area contributed by atoms with E-state index in [-0.39, 0.29) is 11.8 Å². The summed E-state index contributed by atoms with van der Waals surface area (Å²) in [7, 11) is 3.46. The molecule has 3 heterocycles. The maximum atomic E-state index is 13.0. The third kappa shape index (κ3) is 2.97. The lowest BCUT2D eigenvalue weighted by atomic mass is 9.78. The highest BCUT2D eigenvalue weighted by molar-refractivity contribution is 5.95. The molecule has 0 aliphatic carbocycles. The van der Waals surface area contributed by atoms with Crippen molar-refractivity contribution in [3.63, 3.8) is 0 Å². The summed E-state index contributed by atoms with van der Waals surface area (Å²) in [5.41, 5.74) is 0.900. The normalized spacial score (nSPS) is 22.5.